The quantitative estimate of drug-likeness (QED) is 0.282. The SMILES string of the molecule is CCOC(=O)CC(=O)CCCC=C(C)C. The molecule has 0 saturated heterocycles. The molecule has 0 fully saturated rings. The van der Waals surface area contributed by atoms with Gasteiger partial charge in [-0.05, 0) is 33.6 Å². The Hall–Kier alpha value is -1.12. The van der Waals surface area contributed by atoms with Crippen molar-refractivity contribution < 1.29 is 14.3 Å². The third kappa shape index (κ3) is 9.19. The zero-order valence-electron chi connectivity index (χ0n) is 9.84. The number of carbonyl (C=O) groups excluding carboxylic acids is 2. The molecule has 0 radical (unpaired) electrons. The van der Waals surface area contributed by atoms with Crippen LogP contribution in [0.1, 0.15) is 46.5 Å². The molecule has 0 aliphatic carbocycles. The number of carbonyl (C=O) groups is 2. The lowest BCUT2D eigenvalue weighted by molar-refractivity contribution is -0.145. The number of allylic oxidation sites excluding steroid dienone is 2. The molecule has 0 saturated carbocycles. The number of ketones is 1. The highest BCUT2D eigenvalue weighted by molar-refractivity contribution is 5.95. The molecule has 0 atom stereocenters. The van der Waals surface area contributed by atoms with E-state index in [1.165, 1.54) is 5.57 Å². The van der Waals surface area contributed by atoms with Gasteiger partial charge in [-0.1, -0.05) is 11.6 Å². The van der Waals surface area contributed by atoms with Gasteiger partial charge in [0.15, 0.2) is 0 Å². The van der Waals surface area contributed by atoms with Crippen molar-refractivity contribution in [1.82, 2.24) is 0 Å². The van der Waals surface area contributed by atoms with Gasteiger partial charge in [-0.25, -0.2) is 0 Å². The van der Waals surface area contributed by atoms with Crippen LogP contribution in [0.25, 0.3) is 0 Å². The molecule has 15 heavy (non-hydrogen) atoms. The Morgan fingerprint density at radius 2 is 1.93 bits per heavy atom. The predicted octanol–water partition coefficient (Wildman–Crippen LogP) is 2.65. The van der Waals surface area contributed by atoms with E-state index in [1.807, 2.05) is 13.8 Å². The van der Waals surface area contributed by atoms with Gasteiger partial charge < -0.3 is 4.74 Å². The number of Topliss-reactive ketones (excluding diaryl/α,β-unsaturated/α-hetero) is 1. The van der Waals surface area contributed by atoms with Crippen LogP contribution in [0, 0.1) is 0 Å². The van der Waals surface area contributed by atoms with Gasteiger partial charge in [0, 0.05) is 6.42 Å². The summed E-state index contributed by atoms with van der Waals surface area (Å²) in [5, 5.41) is 0. The van der Waals surface area contributed by atoms with Crippen LogP contribution in [0.2, 0.25) is 0 Å². The number of hydrogen-bond acceptors (Lipinski definition) is 3. The standard InChI is InChI=1S/C12H20O3/c1-4-15-12(14)9-11(13)8-6-5-7-10(2)3/h7H,4-6,8-9H2,1-3H3. The highest BCUT2D eigenvalue weighted by Crippen LogP contribution is 2.03. The van der Waals surface area contributed by atoms with E-state index in [1.54, 1.807) is 6.92 Å². The lowest BCUT2D eigenvalue weighted by atomic mass is 10.1. The molecule has 0 spiro atoms. The summed E-state index contributed by atoms with van der Waals surface area (Å²) in [5.41, 5.74) is 1.26. The first-order chi connectivity index (χ1) is 7.06. The Labute approximate surface area is 91.5 Å². The van der Waals surface area contributed by atoms with Crippen LogP contribution in [0.3, 0.4) is 0 Å². The second-order valence-corrected chi connectivity index (χ2v) is 3.69. The minimum Gasteiger partial charge on any atom is -0.466 e. The minimum atomic E-state index is -0.412. The summed E-state index contributed by atoms with van der Waals surface area (Å²) in [6.45, 7) is 6.13. The first kappa shape index (κ1) is 13.9. The van der Waals surface area contributed by atoms with Crippen LogP contribution in [0.4, 0.5) is 0 Å². The van der Waals surface area contributed by atoms with E-state index < -0.39 is 5.97 Å². The summed E-state index contributed by atoms with van der Waals surface area (Å²) in [4.78, 5) is 22.2. The third-order valence-corrected chi connectivity index (χ3v) is 1.86. The third-order valence-electron chi connectivity index (χ3n) is 1.86. The Balaban J connectivity index is 3.58. The molecule has 3 nitrogen and oxygen atoms in total. The first-order valence-corrected chi connectivity index (χ1v) is 5.37. The molecule has 0 aromatic rings. The topological polar surface area (TPSA) is 43.4 Å². The largest absolute Gasteiger partial charge is 0.466 e. The Morgan fingerprint density at radius 1 is 1.27 bits per heavy atom. The molecule has 0 aromatic heterocycles. The van der Waals surface area contributed by atoms with Gasteiger partial charge in [0.1, 0.15) is 12.2 Å². The fourth-order valence-electron chi connectivity index (χ4n) is 1.15. The van der Waals surface area contributed by atoms with E-state index >= 15 is 0 Å². The van der Waals surface area contributed by atoms with Gasteiger partial charge in [0.05, 0.1) is 6.61 Å². The molecule has 0 N–H and O–H groups in total. The molecule has 0 aliphatic heterocycles. The van der Waals surface area contributed by atoms with E-state index in [9.17, 15) is 9.59 Å². The van der Waals surface area contributed by atoms with Crippen LogP contribution in [-0.4, -0.2) is 18.4 Å². The molecule has 0 aromatic carbocycles. The molecular formula is C12H20O3. The van der Waals surface area contributed by atoms with Crippen molar-refractivity contribution in [2.24, 2.45) is 0 Å². The molecule has 0 bridgehead atoms. The van der Waals surface area contributed by atoms with Crippen LogP contribution in [-0.2, 0) is 14.3 Å². The van der Waals surface area contributed by atoms with Crippen molar-refractivity contribution in [3.05, 3.63) is 11.6 Å². The van der Waals surface area contributed by atoms with Gasteiger partial charge in [0.25, 0.3) is 0 Å². The van der Waals surface area contributed by atoms with Crippen molar-refractivity contribution >= 4 is 11.8 Å². The van der Waals surface area contributed by atoms with Gasteiger partial charge in [-0.15, -0.1) is 0 Å². The monoisotopic (exact) mass is 212 g/mol. The summed E-state index contributed by atoms with van der Waals surface area (Å²) in [6, 6.07) is 0. The Kier molecular flexibility index (Phi) is 7.60. The summed E-state index contributed by atoms with van der Waals surface area (Å²) >= 11 is 0. The summed E-state index contributed by atoms with van der Waals surface area (Å²) < 4.78 is 4.69. The second kappa shape index (κ2) is 8.21. The Bertz CT molecular complexity index is 237. The minimum absolute atomic E-state index is 0.0318. The van der Waals surface area contributed by atoms with Crippen molar-refractivity contribution in [2.45, 2.75) is 46.5 Å². The van der Waals surface area contributed by atoms with Crippen molar-refractivity contribution in [2.75, 3.05) is 6.61 Å². The maximum absolute atomic E-state index is 11.3. The lowest BCUT2D eigenvalue weighted by Crippen LogP contribution is -2.10. The highest BCUT2D eigenvalue weighted by Gasteiger charge is 2.08. The van der Waals surface area contributed by atoms with Crippen molar-refractivity contribution in [3.63, 3.8) is 0 Å². The molecule has 86 valence electrons. The average Bonchev–Trinajstić information content (AvgIpc) is 2.12. The highest BCUT2D eigenvalue weighted by atomic mass is 16.5. The number of hydrogen-bond donors (Lipinski definition) is 0. The van der Waals surface area contributed by atoms with E-state index in [0.29, 0.717) is 13.0 Å². The predicted molar refractivity (Wildman–Crippen MR) is 59.5 cm³/mol. The smallest absolute Gasteiger partial charge is 0.313 e. The fourth-order valence-corrected chi connectivity index (χ4v) is 1.15. The van der Waals surface area contributed by atoms with Crippen LogP contribution < -0.4 is 0 Å². The molecule has 0 amide bonds. The normalized spacial score (nSPS) is 9.53. The number of unbranched alkanes of at least 4 members (excludes halogenated alkanes) is 1. The van der Waals surface area contributed by atoms with Crippen LogP contribution in [0.5, 0.6) is 0 Å². The maximum Gasteiger partial charge on any atom is 0.313 e. The van der Waals surface area contributed by atoms with Crippen LogP contribution in [0.15, 0.2) is 11.6 Å². The van der Waals surface area contributed by atoms with Crippen LogP contribution >= 0.6 is 0 Å². The lowest BCUT2D eigenvalue weighted by Gasteiger charge is -2.00. The van der Waals surface area contributed by atoms with Gasteiger partial charge in [-0.3, -0.25) is 9.59 Å². The number of esters is 1. The summed E-state index contributed by atoms with van der Waals surface area (Å²) in [6.07, 6.45) is 4.18. The second-order valence-electron chi connectivity index (χ2n) is 3.69. The zero-order chi connectivity index (χ0) is 11.7. The van der Waals surface area contributed by atoms with E-state index in [4.69, 9.17) is 0 Å². The summed E-state index contributed by atoms with van der Waals surface area (Å²) in [7, 11) is 0. The molecule has 0 heterocycles. The van der Waals surface area contributed by atoms with E-state index in [-0.39, 0.29) is 12.2 Å². The number of ether oxygens (including phenoxy) is 1. The van der Waals surface area contributed by atoms with Gasteiger partial charge in [0.2, 0.25) is 0 Å². The van der Waals surface area contributed by atoms with Crippen molar-refractivity contribution in [1.29, 1.82) is 0 Å². The first-order valence-electron chi connectivity index (χ1n) is 5.37. The average molecular weight is 212 g/mol. The molecule has 3 heteroatoms. The molecule has 0 unspecified atom stereocenters. The van der Waals surface area contributed by atoms with E-state index in [0.717, 1.165) is 12.8 Å². The molecule has 0 rings (SSSR count). The van der Waals surface area contributed by atoms with Gasteiger partial charge >= 0.3 is 5.97 Å². The molecule has 0 aliphatic rings. The molecular weight excluding hydrogens is 192 g/mol. The van der Waals surface area contributed by atoms with E-state index in [2.05, 4.69) is 10.8 Å². The Morgan fingerprint density at radius 3 is 2.47 bits per heavy atom. The fraction of sp³-hybridized carbons (Fsp3) is 0.667. The number of rotatable bonds is 7. The maximum atomic E-state index is 11.3. The van der Waals surface area contributed by atoms with Gasteiger partial charge in [-0.2, -0.15) is 0 Å². The zero-order valence-corrected chi connectivity index (χ0v) is 9.84. The summed E-state index contributed by atoms with van der Waals surface area (Å²) in [5.74, 6) is -0.444. The van der Waals surface area contributed by atoms with Crippen molar-refractivity contribution in [3.8, 4) is 0 Å².